The number of urea groups is 1. The first-order valence-electron chi connectivity index (χ1n) is 8.28. The van der Waals surface area contributed by atoms with Gasteiger partial charge in [0, 0.05) is 12.6 Å². The van der Waals surface area contributed by atoms with E-state index < -0.39 is 0 Å². The van der Waals surface area contributed by atoms with Gasteiger partial charge in [-0.2, -0.15) is 5.10 Å². The van der Waals surface area contributed by atoms with Gasteiger partial charge in [-0.1, -0.05) is 30.3 Å². The quantitative estimate of drug-likeness (QED) is 0.860. The van der Waals surface area contributed by atoms with Crippen LogP contribution in [-0.2, 0) is 0 Å². The van der Waals surface area contributed by atoms with Crippen molar-refractivity contribution < 1.29 is 13.9 Å². The van der Waals surface area contributed by atoms with E-state index in [1.165, 1.54) is 12.1 Å². The zero-order chi connectivity index (χ0) is 17.2. The first-order chi connectivity index (χ1) is 12.2. The number of halogens is 1. The fourth-order valence-electron chi connectivity index (χ4n) is 3.07. The van der Waals surface area contributed by atoms with Crippen LogP contribution in [0.2, 0.25) is 0 Å². The molecule has 2 aliphatic rings. The van der Waals surface area contributed by atoms with E-state index in [1.54, 1.807) is 28.3 Å². The monoisotopic (exact) mass is 339 g/mol. The lowest BCUT2D eigenvalue weighted by Crippen LogP contribution is -2.58. The van der Waals surface area contributed by atoms with E-state index in [-0.39, 0.29) is 24.0 Å². The van der Waals surface area contributed by atoms with Crippen molar-refractivity contribution in [3.8, 4) is 5.75 Å². The molecular weight excluding hydrogens is 321 g/mol. The van der Waals surface area contributed by atoms with Gasteiger partial charge in [-0.15, -0.1) is 0 Å². The van der Waals surface area contributed by atoms with Gasteiger partial charge in [-0.25, -0.2) is 14.2 Å². The third-order valence-electron chi connectivity index (χ3n) is 4.45. The molecule has 2 amide bonds. The molecule has 1 atom stereocenters. The summed E-state index contributed by atoms with van der Waals surface area (Å²) in [4.78, 5) is 14.4. The lowest BCUT2D eigenvalue weighted by Gasteiger charge is -2.41. The number of hydrogen-bond acceptors (Lipinski definition) is 3. The number of carbonyl (C=O) groups is 1. The molecule has 4 rings (SSSR count). The largest absolute Gasteiger partial charge is 0.487 e. The number of nitrogens with zero attached hydrogens (tertiary/aromatic N) is 3. The van der Waals surface area contributed by atoms with Gasteiger partial charge in [0.15, 0.2) is 0 Å². The van der Waals surface area contributed by atoms with E-state index in [4.69, 9.17) is 4.74 Å². The zero-order valence-electron chi connectivity index (χ0n) is 13.6. The van der Waals surface area contributed by atoms with E-state index in [2.05, 4.69) is 5.10 Å². The van der Waals surface area contributed by atoms with Crippen molar-refractivity contribution in [2.24, 2.45) is 5.10 Å². The molecule has 0 aliphatic carbocycles. The SMILES string of the molecule is O=C(N1CC(Oc2ccc(F)cc2)C1)N1N=CCC1c1ccccc1. The fraction of sp³-hybridized carbons (Fsp3) is 0.263. The van der Waals surface area contributed by atoms with Crippen molar-refractivity contribution >= 4 is 12.2 Å². The van der Waals surface area contributed by atoms with Crippen LogP contribution < -0.4 is 4.74 Å². The van der Waals surface area contributed by atoms with E-state index >= 15 is 0 Å². The van der Waals surface area contributed by atoms with Gasteiger partial charge in [0.05, 0.1) is 19.1 Å². The lowest BCUT2D eigenvalue weighted by atomic mass is 10.0. The molecule has 0 saturated carbocycles. The molecule has 2 aliphatic heterocycles. The Morgan fingerprint density at radius 3 is 2.52 bits per heavy atom. The minimum Gasteiger partial charge on any atom is -0.487 e. The average Bonchev–Trinajstić information content (AvgIpc) is 3.09. The Morgan fingerprint density at radius 1 is 1.08 bits per heavy atom. The van der Waals surface area contributed by atoms with Gasteiger partial charge >= 0.3 is 6.03 Å². The Kier molecular flexibility index (Phi) is 4.09. The first kappa shape index (κ1) is 15.6. The van der Waals surface area contributed by atoms with Crippen LogP contribution in [0.25, 0.3) is 0 Å². The van der Waals surface area contributed by atoms with Crippen LogP contribution in [0, 0.1) is 5.82 Å². The number of hydrogen-bond donors (Lipinski definition) is 0. The first-order valence-corrected chi connectivity index (χ1v) is 8.28. The Balaban J connectivity index is 1.35. The molecule has 25 heavy (non-hydrogen) atoms. The molecular formula is C19H18FN3O2. The fourth-order valence-corrected chi connectivity index (χ4v) is 3.07. The van der Waals surface area contributed by atoms with Crippen molar-refractivity contribution in [2.75, 3.05) is 13.1 Å². The molecule has 0 radical (unpaired) electrons. The molecule has 1 fully saturated rings. The second-order valence-corrected chi connectivity index (χ2v) is 6.19. The van der Waals surface area contributed by atoms with Gasteiger partial charge in [-0.05, 0) is 29.8 Å². The number of rotatable bonds is 3. The highest BCUT2D eigenvalue weighted by molar-refractivity contribution is 5.79. The van der Waals surface area contributed by atoms with Crippen molar-refractivity contribution in [1.29, 1.82) is 0 Å². The van der Waals surface area contributed by atoms with Crippen LogP contribution in [0.3, 0.4) is 0 Å². The number of amides is 2. The van der Waals surface area contributed by atoms with E-state index in [0.717, 1.165) is 12.0 Å². The molecule has 2 aromatic rings. The number of ether oxygens (including phenoxy) is 1. The number of likely N-dealkylation sites (tertiary alicyclic amines) is 1. The molecule has 2 aromatic carbocycles. The summed E-state index contributed by atoms with van der Waals surface area (Å²) in [6.45, 7) is 1.01. The highest BCUT2D eigenvalue weighted by Gasteiger charge is 2.38. The Morgan fingerprint density at radius 2 is 1.80 bits per heavy atom. The van der Waals surface area contributed by atoms with Crippen LogP contribution in [0.4, 0.5) is 9.18 Å². The molecule has 0 bridgehead atoms. The Hall–Kier alpha value is -2.89. The predicted molar refractivity (Wildman–Crippen MR) is 91.9 cm³/mol. The van der Waals surface area contributed by atoms with Gasteiger partial charge in [0.25, 0.3) is 0 Å². The highest BCUT2D eigenvalue weighted by Crippen LogP contribution is 2.30. The zero-order valence-corrected chi connectivity index (χ0v) is 13.6. The van der Waals surface area contributed by atoms with Crippen molar-refractivity contribution in [3.05, 3.63) is 66.0 Å². The van der Waals surface area contributed by atoms with Crippen LogP contribution in [0.5, 0.6) is 5.75 Å². The van der Waals surface area contributed by atoms with E-state index in [9.17, 15) is 9.18 Å². The van der Waals surface area contributed by atoms with Gasteiger partial charge < -0.3 is 9.64 Å². The molecule has 128 valence electrons. The number of benzene rings is 2. The highest BCUT2D eigenvalue weighted by atomic mass is 19.1. The van der Waals surface area contributed by atoms with Crippen LogP contribution in [-0.4, -0.2) is 41.3 Å². The summed E-state index contributed by atoms with van der Waals surface area (Å²) in [6.07, 6.45) is 2.43. The average molecular weight is 339 g/mol. The maximum atomic E-state index is 12.9. The second-order valence-electron chi connectivity index (χ2n) is 6.19. The summed E-state index contributed by atoms with van der Waals surface area (Å²) in [5.74, 6) is 0.316. The van der Waals surface area contributed by atoms with Gasteiger partial charge in [0.2, 0.25) is 0 Å². The van der Waals surface area contributed by atoms with E-state index in [1.807, 2.05) is 30.3 Å². The summed E-state index contributed by atoms with van der Waals surface area (Å²) < 4.78 is 18.7. The molecule has 5 nitrogen and oxygen atoms in total. The van der Waals surface area contributed by atoms with Gasteiger partial charge in [0.1, 0.15) is 17.7 Å². The minimum absolute atomic E-state index is 0.0502. The third kappa shape index (κ3) is 3.20. The van der Waals surface area contributed by atoms with Crippen LogP contribution in [0.15, 0.2) is 59.7 Å². The van der Waals surface area contributed by atoms with Crippen molar-refractivity contribution in [2.45, 2.75) is 18.6 Å². The van der Waals surface area contributed by atoms with Gasteiger partial charge in [-0.3, -0.25) is 0 Å². The maximum Gasteiger partial charge on any atom is 0.341 e. The Bertz CT molecular complexity index is 773. The lowest BCUT2D eigenvalue weighted by molar-refractivity contribution is 0.0277. The number of hydrazone groups is 1. The summed E-state index contributed by atoms with van der Waals surface area (Å²) in [5, 5.41) is 5.79. The smallest absolute Gasteiger partial charge is 0.341 e. The number of carbonyl (C=O) groups excluding carboxylic acids is 1. The van der Waals surface area contributed by atoms with Crippen LogP contribution >= 0.6 is 0 Å². The summed E-state index contributed by atoms with van der Waals surface area (Å²) in [7, 11) is 0. The Labute approximate surface area is 145 Å². The third-order valence-corrected chi connectivity index (χ3v) is 4.45. The normalized spacial score (nSPS) is 19.8. The van der Waals surface area contributed by atoms with E-state index in [0.29, 0.717) is 18.8 Å². The minimum atomic E-state index is -0.295. The van der Waals surface area contributed by atoms with Crippen molar-refractivity contribution in [1.82, 2.24) is 9.91 Å². The second kappa shape index (κ2) is 6.55. The summed E-state index contributed by atoms with van der Waals surface area (Å²) in [5.41, 5.74) is 1.08. The summed E-state index contributed by atoms with van der Waals surface area (Å²) in [6, 6.07) is 15.7. The molecule has 0 spiro atoms. The summed E-state index contributed by atoms with van der Waals surface area (Å²) >= 11 is 0. The van der Waals surface area contributed by atoms with Crippen molar-refractivity contribution in [3.63, 3.8) is 0 Å². The molecule has 1 unspecified atom stereocenters. The molecule has 2 heterocycles. The molecule has 1 saturated heterocycles. The molecule has 6 heteroatoms. The molecule has 0 N–H and O–H groups in total. The predicted octanol–water partition coefficient (Wildman–Crippen LogP) is 3.44. The standard InChI is InChI=1S/C19H18FN3O2/c20-15-6-8-16(9-7-15)25-17-12-22(13-17)19(24)23-18(10-11-21-23)14-4-2-1-3-5-14/h1-9,11,17-18H,10,12-13H2. The topological polar surface area (TPSA) is 45.1 Å². The maximum absolute atomic E-state index is 12.9. The van der Waals surface area contributed by atoms with Crippen LogP contribution in [0.1, 0.15) is 18.0 Å². The molecule has 0 aromatic heterocycles.